The molecule has 6 aromatic rings. The van der Waals surface area contributed by atoms with Gasteiger partial charge in [0.1, 0.15) is 17.4 Å². The lowest BCUT2D eigenvalue weighted by Crippen LogP contribution is -2.22. The van der Waals surface area contributed by atoms with Crippen LogP contribution in [0.3, 0.4) is 0 Å². The number of fused-ring (bicyclic) bond motifs is 1. The Hall–Kier alpha value is -4.92. The summed E-state index contributed by atoms with van der Waals surface area (Å²) < 4.78 is 24.7. The molecule has 0 aliphatic carbocycles. The van der Waals surface area contributed by atoms with Crippen LogP contribution in [0.15, 0.2) is 85.5 Å². The van der Waals surface area contributed by atoms with E-state index in [0.717, 1.165) is 27.8 Å². The Balaban J connectivity index is 1.21. The Morgan fingerprint density at radius 3 is 2.74 bits per heavy atom. The molecule has 0 atom stereocenters. The molecule has 0 unspecified atom stereocenters. The summed E-state index contributed by atoms with van der Waals surface area (Å²) in [7, 11) is 0. The predicted molar refractivity (Wildman–Crippen MR) is 169 cm³/mol. The number of alkyl halides is 1. The van der Waals surface area contributed by atoms with Crippen LogP contribution in [0.2, 0.25) is 0 Å². The molecular formula is C30H25FIN9O2. The van der Waals surface area contributed by atoms with Crippen molar-refractivity contribution in [3.8, 4) is 28.7 Å². The largest absolute Gasteiger partial charge is 0.424 e. The minimum Gasteiger partial charge on any atom is -0.424 e. The molecule has 0 saturated carbocycles. The Morgan fingerprint density at radius 2 is 1.93 bits per heavy atom. The number of hydrogen-bond acceptors (Lipinski definition) is 7. The summed E-state index contributed by atoms with van der Waals surface area (Å²) in [6.45, 7) is 4.03. The number of aromatic nitrogens is 7. The van der Waals surface area contributed by atoms with Crippen molar-refractivity contribution in [1.82, 2.24) is 34.5 Å². The molecule has 2 amide bonds. The number of rotatable bonds is 8. The highest BCUT2D eigenvalue weighted by Gasteiger charge is 2.17. The summed E-state index contributed by atoms with van der Waals surface area (Å²) in [6.07, 6.45) is 6.87. The first-order valence-electron chi connectivity index (χ1n) is 13.3. The molecule has 0 saturated heterocycles. The predicted octanol–water partition coefficient (Wildman–Crippen LogP) is 7.17. The zero-order valence-corrected chi connectivity index (χ0v) is 25.2. The molecule has 216 valence electrons. The van der Waals surface area contributed by atoms with Crippen molar-refractivity contribution in [2.45, 2.75) is 24.3 Å². The van der Waals surface area contributed by atoms with E-state index in [4.69, 9.17) is 9.84 Å². The molecule has 0 radical (unpaired) electrons. The van der Waals surface area contributed by atoms with Crippen molar-refractivity contribution in [3.05, 3.63) is 97.0 Å². The standard InChI is InChI=1S/C30H25FIN9O2/c1-18(2)26-14-28(41(39-26)21-5-8-24-19(12-21)4-3-10-33-24)38-29(42)36-27-13-22(6-7-23(27)31)43-30-34-11-9-25(37-30)20-15-35-40(16-20)17-32/h3-16,18H,17H2,1-2H3,(H2,36,38,42). The van der Waals surface area contributed by atoms with Gasteiger partial charge in [0, 0.05) is 41.7 Å². The molecule has 6 rings (SSSR count). The number of benzene rings is 2. The summed E-state index contributed by atoms with van der Waals surface area (Å²) >= 11 is 2.21. The SMILES string of the molecule is CC(C)c1cc(NC(=O)Nc2cc(Oc3nccc(-c4cnn(CI)c4)n3)ccc2F)n(-c2ccc3ncccc3c2)n1. The van der Waals surface area contributed by atoms with Gasteiger partial charge >= 0.3 is 12.0 Å². The number of pyridine rings is 1. The number of nitrogens with zero attached hydrogens (tertiary/aromatic N) is 7. The highest BCUT2D eigenvalue weighted by molar-refractivity contribution is 14.1. The first kappa shape index (κ1) is 28.2. The first-order chi connectivity index (χ1) is 20.9. The monoisotopic (exact) mass is 689 g/mol. The summed E-state index contributed by atoms with van der Waals surface area (Å²) in [5, 5.41) is 15.3. The zero-order valence-electron chi connectivity index (χ0n) is 23.1. The van der Waals surface area contributed by atoms with Gasteiger partial charge in [0.05, 0.1) is 39.0 Å². The van der Waals surface area contributed by atoms with E-state index in [1.165, 1.54) is 18.2 Å². The lowest BCUT2D eigenvalue weighted by molar-refractivity contribution is 0.262. The number of halogens is 2. The average molecular weight is 689 g/mol. The van der Waals surface area contributed by atoms with Crippen LogP contribution in [0.4, 0.5) is 20.7 Å². The maximum atomic E-state index is 14.8. The van der Waals surface area contributed by atoms with Crippen molar-refractivity contribution in [1.29, 1.82) is 0 Å². The molecule has 13 heteroatoms. The fourth-order valence-corrected chi connectivity index (χ4v) is 4.69. The van der Waals surface area contributed by atoms with Crippen molar-refractivity contribution in [3.63, 3.8) is 0 Å². The molecule has 0 spiro atoms. The van der Waals surface area contributed by atoms with E-state index in [2.05, 4.69) is 53.3 Å². The molecule has 11 nitrogen and oxygen atoms in total. The maximum Gasteiger partial charge on any atom is 0.324 e. The third-order valence-electron chi connectivity index (χ3n) is 6.47. The molecule has 2 N–H and O–H groups in total. The minimum atomic E-state index is -0.652. The lowest BCUT2D eigenvalue weighted by atomic mass is 10.1. The number of nitrogens with one attached hydrogen (secondary N) is 2. The van der Waals surface area contributed by atoms with Crippen molar-refractivity contribution >= 4 is 51.0 Å². The molecule has 4 heterocycles. The van der Waals surface area contributed by atoms with E-state index in [9.17, 15) is 9.18 Å². The van der Waals surface area contributed by atoms with E-state index in [1.54, 1.807) is 40.1 Å². The number of urea groups is 1. The summed E-state index contributed by atoms with van der Waals surface area (Å²) in [5.74, 6) is 0.144. The van der Waals surface area contributed by atoms with Crippen molar-refractivity contribution in [2.24, 2.45) is 0 Å². The number of carbonyl (C=O) groups excluding carboxylic acids is 1. The van der Waals surface area contributed by atoms with E-state index >= 15 is 0 Å². The van der Waals surface area contributed by atoms with Gasteiger partial charge in [-0.05, 0) is 48.4 Å². The zero-order chi connectivity index (χ0) is 29.9. The molecule has 4 aromatic heterocycles. The number of carbonyl (C=O) groups is 1. The van der Waals surface area contributed by atoms with E-state index in [-0.39, 0.29) is 23.4 Å². The highest BCUT2D eigenvalue weighted by Crippen LogP contribution is 2.28. The summed E-state index contributed by atoms with van der Waals surface area (Å²) in [4.78, 5) is 26.1. The average Bonchev–Trinajstić information content (AvgIpc) is 3.67. The smallest absolute Gasteiger partial charge is 0.324 e. The highest BCUT2D eigenvalue weighted by atomic mass is 127. The number of ether oxygens (including phenoxy) is 1. The third-order valence-corrected chi connectivity index (χ3v) is 7.17. The summed E-state index contributed by atoms with van der Waals surface area (Å²) in [6, 6.07) is 16.5. The topological polar surface area (TPSA) is 125 Å². The van der Waals surface area contributed by atoms with Crippen LogP contribution in [-0.4, -0.2) is 40.5 Å². The Bertz CT molecular complexity index is 1940. The van der Waals surface area contributed by atoms with Crippen molar-refractivity contribution in [2.75, 3.05) is 10.6 Å². The van der Waals surface area contributed by atoms with Gasteiger partial charge in [0.25, 0.3) is 0 Å². The Labute approximate surface area is 259 Å². The van der Waals surface area contributed by atoms with Gasteiger partial charge < -0.3 is 10.1 Å². The molecule has 0 aliphatic rings. The lowest BCUT2D eigenvalue weighted by Gasteiger charge is -2.12. The second kappa shape index (κ2) is 12.1. The molecule has 0 fully saturated rings. The Kier molecular flexibility index (Phi) is 7.96. The van der Waals surface area contributed by atoms with E-state index in [1.807, 2.05) is 50.4 Å². The van der Waals surface area contributed by atoms with Crippen LogP contribution in [0.5, 0.6) is 11.8 Å². The number of amides is 2. The second-order valence-corrected chi connectivity index (χ2v) is 10.5. The van der Waals surface area contributed by atoms with Gasteiger partial charge in [-0.1, -0.05) is 42.5 Å². The molecular weight excluding hydrogens is 664 g/mol. The van der Waals surface area contributed by atoms with Gasteiger partial charge in [-0.15, -0.1) is 0 Å². The molecule has 0 bridgehead atoms. The minimum absolute atomic E-state index is 0.0671. The number of anilines is 2. The normalized spacial score (nSPS) is 11.2. The van der Waals surface area contributed by atoms with Crippen LogP contribution in [0, 0.1) is 5.82 Å². The quantitative estimate of drug-likeness (QED) is 0.128. The van der Waals surface area contributed by atoms with E-state index < -0.39 is 11.8 Å². The second-order valence-electron chi connectivity index (χ2n) is 9.84. The van der Waals surface area contributed by atoms with Crippen molar-refractivity contribution < 1.29 is 13.9 Å². The maximum absolute atomic E-state index is 14.8. The van der Waals surface area contributed by atoms with E-state index in [0.29, 0.717) is 16.1 Å². The van der Waals surface area contributed by atoms with Crippen LogP contribution in [-0.2, 0) is 4.55 Å². The van der Waals surface area contributed by atoms with Gasteiger partial charge in [0.2, 0.25) is 0 Å². The Morgan fingerprint density at radius 1 is 1.05 bits per heavy atom. The van der Waals surface area contributed by atoms with Gasteiger partial charge in [-0.25, -0.2) is 18.9 Å². The van der Waals surface area contributed by atoms with Crippen LogP contribution in [0.25, 0.3) is 27.8 Å². The fourth-order valence-electron chi connectivity index (χ4n) is 4.31. The fraction of sp³-hybridized carbons (Fsp3) is 0.133. The first-order valence-corrected chi connectivity index (χ1v) is 14.8. The number of hydrogen-bond donors (Lipinski definition) is 2. The van der Waals surface area contributed by atoms with Crippen LogP contribution >= 0.6 is 22.6 Å². The van der Waals surface area contributed by atoms with Crippen LogP contribution in [0.1, 0.15) is 25.5 Å². The molecule has 43 heavy (non-hydrogen) atoms. The van der Waals surface area contributed by atoms with Crippen LogP contribution < -0.4 is 15.4 Å². The summed E-state index contributed by atoms with van der Waals surface area (Å²) in [5.41, 5.74) is 3.72. The third kappa shape index (κ3) is 6.30. The molecule has 0 aliphatic heterocycles. The molecule has 2 aromatic carbocycles. The van der Waals surface area contributed by atoms with Gasteiger partial charge in [0.15, 0.2) is 0 Å². The van der Waals surface area contributed by atoms with Gasteiger partial charge in [-0.2, -0.15) is 15.2 Å². The van der Waals surface area contributed by atoms with Gasteiger partial charge in [-0.3, -0.25) is 15.0 Å².